The number of hydrogen-bond acceptors (Lipinski definition) is 4. The van der Waals surface area contributed by atoms with Crippen molar-refractivity contribution in [1.29, 1.82) is 0 Å². The third-order valence-corrected chi connectivity index (χ3v) is 4.02. The lowest BCUT2D eigenvalue weighted by atomic mass is 9.99. The second-order valence-corrected chi connectivity index (χ2v) is 5.52. The Bertz CT molecular complexity index is 528. The lowest BCUT2D eigenvalue weighted by molar-refractivity contribution is -0.124. The molecule has 106 valence electrons. The highest BCUT2D eigenvalue weighted by molar-refractivity contribution is 5.94. The number of nitrogen functional groups attached to an aromatic ring is 1. The standard InChI is InChI=1S/C14H18N4O2/c15-12-5-4-9(6-16-12)14(20)18-7-10-2-1-3-11(8-18)17-13(10)19/h4-6,10-11H,1-3,7-8H2,(H2,15,16)(H,17,19)/t10-,11+/m1/s1. The summed E-state index contributed by atoms with van der Waals surface area (Å²) in [6, 6.07) is 3.37. The van der Waals surface area contributed by atoms with Crippen molar-refractivity contribution in [3.63, 3.8) is 0 Å². The van der Waals surface area contributed by atoms with Gasteiger partial charge in [-0.1, -0.05) is 6.42 Å². The third-order valence-electron chi connectivity index (χ3n) is 4.02. The van der Waals surface area contributed by atoms with E-state index >= 15 is 0 Å². The molecule has 6 nitrogen and oxygen atoms in total. The van der Waals surface area contributed by atoms with Crippen molar-refractivity contribution in [2.24, 2.45) is 5.92 Å². The maximum atomic E-state index is 12.5. The van der Waals surface area contributed by atoms with Crippen molar-refractivity contribution in [3.8, 4) is 0 Å². The van der Waals surface area contributed by atoms with Gasteiger partial charge in [-0.15, -0.1) is 0 Å². The maximum absolute atomic E-state index is 12.5. The molecular weight excluding hydrogens is 256 g/mol. The van der Waals surface area contributed by atoms with Crippen LogP contribution in [0.3, 0.4) is 0 Å². The minimum atomic E-state index is -0.0896. The summed E-state index contributed by atoms with van der Waals surface area (Å²) >= 11 is 0. The van der Waals surface area contributed by atoms with E-state index in [9.17, 15) is 9.59 Å². The summed E-state index contributed by atoms with van der Waals surface area (Å²) in [7, 11) is 0. The molecule has 2 aliphatic rings. The molecule has 0 aromatic carbocycles. The van der Waals surface area contributed by atoms with Gasteiger partial charge in [0.15, 0.2) is 0 Å². The number of nitrogens with zero attached hydrogens (tertiary/aromatic N) is 2. The van der Waals surface area contributed by atoms with Gasteiger partial charge in [0.2, 0.25) is 5.91 Å². The zero-order chi connectivity index (χ0) is 14.1. The molecule has 2 atom stereocenters. The van der Waals surface area contributed by atoms with Gasteiger partial charge < -0.3 is 16.0 Å². The van der Waals surface area contributed by atoms with E-state index in [4.69, 9.17) is 5.73 Å². The first-order valence-electron chi connectivity index (χ1n) is 6.94. The van der Waals surface area contributed by atoms with Crippen LogP contribution in [0.5, 0.6) is 0 Å². The van der Waals surface area contributed by atoms with Crippen LogP contribution in [0.4, 0.5) is 5.82 Å². The van der Waals surface area contributed by atoms with Crippen LogP contribution in [0.15, 0.2) is 18.3 Å². The summed E-state index contributed by atoms with van der Waals surface area (Å²) in [5.74, 6) is 0.309. The zero-order valence-corrected chi connectivity index (χ0v) is 11.2. The fourth-order valence-corrected chi connectivity index (χ4v) is 2.93. The summed E-state index contributed by atoms with van der Waals surface area (Å²) in [5.41, 5.74) is 6.05. The number of aromatic nitrogens is 1. The van der Waals surface area contributed by atoms with Crippen molar-refractivity contribution in [2.75, 3.05) is 18.8 Å². The third kappa shape index (κ3) is 2.45. The molecule has 3 heterocycles. The van der Waals surface area contributed by atoms with E-state index in [0.29, 0.717) is 24.5 Å². The predicted molar refractivity (Wildman–Crippen MR) is 73.8 cm³/mol. The molecule has 2 bridgehead atoms. The van der Waals surface area contributed by atoms with Crippen LogP contribution in [-0.2, 0) is 4.79 Å². The first kappa shape index (κ1) is 12.9. The number of likely N-dealkylation sites (tertiary alicyclic amines) is 1. The Morgan fingerprint density at radius 1 is 1.35 bits per heavy atom. The Labute approximate surface area is 117 Å². The lowest BCUT2D eigenvalue weighted by Crippen LogP contribution is -2.41. The molecule has 3 rings (SSSR count). The Balaban J connectivity index is 1.81. The molecular formula is C14H18N4O2. The van der Waals surface area contributed by atoms with Gasteiger partial charge in [-0.3, -0.25) is 9.59 Å². The van der Waals surface area contributed by atoms with Gasteiger partial charge in [0, 0.05) is 25.3 Å². The van der Waals surface area contributed by atoms with Gasteiger partial charge in [0.05, 0.1) is 11.5 Å². The number of nitrogens with one attached hydrogen (secondary N) is 1. The van der Waals surface area contributed by atoms with E-state index in [-0.39, 0.29) is 23.8 Å². The highest BCUT2D eigenvalue weighted by Gasteiger charge is 2.34. The summed E-state index contributed by atoms with van der Waals surface area (Å²) in [5, 5.41) is 3.02. The normalized spacial score (nSPS) is 25.8. The number of carbonyl (C=O) groups excluding carboxylic acids is 2. The first-order chi connectivity index (χ1) is 9.63. The van der Waals surface area contributed by atoms with E-state index in [1.165, 1.54) is 6.20 Å². The van der Waals surface area contributed by atoms with Gasteiger partial charge in [-0.2, -0.15) is 0 Å². The summed E-state index contributed by atoms with van der Waals surface area (Å²) < 4.78 is 0. The smallest absolute Gasteiger partial charge is 0.255 e. The molecule has 2 saturated heterocycles. The van der Waals surface area contributed by atoms with Crippen LogP contribution in [0.25, 0.3) is 0 Å². The number of carbonyl (C=O) groups is 2. The van der Waals surface area contributed by atoms with Crippen LogP contribution < -0.4 is 11.1 Å². The molecule has 20 heavy (non-hydrogen) atoms. The van der Waals surface area contributed by atoms with Gasteiger partial charge in [-0.05, 0) is 25.0 Å². The fraction of sp³-hybridized carbons (Fsp3) is 0.500. The number of rotatable bonds is 1. The van der Waals surface area contributed by atoms with E-state index < -0.39 is 0 Å². The fourth-order valence-electron chi connectivity index (χ4n) is 2.93. The minimum absolute atomic E-state index is 0.0701. The first-order valence-corrected chi connectivity index (χ1v) is 6.94. The number of hydrogen-bond donors (Lipinski definition) is 2. The van der Waals surface area contributed by atoms with Crippen LogP contribution in [0, 0.1) is 5.92 Å². The monoisotopic (exact) mass is 274 g/mol. The van der Waals surface area contributed by atoms with Crippen molar-refractivity contribution in [2.45, 2.75) is 25.3 Å². The van der Waals surface area contributed by atoms with Gasteiger partial charge in [0.1, 0.15) is 5.82 Å². The van der Waals surface area contributed by atoms with Crippen molar-refractivity contribution < 1.29 is 9.59 Å². The van der Waals surface area contributed by atoms with E-state index in [1.54, 1.807) is 17.0 Å². The van der Waals surface area contributed by atoms with Gasteiger partial charge in [0.25, 0.3) is 5.91 Å². The highest BCUT2D eigenvalue weighted by atomic mass is 16.2. The molecule has 3 N–H and O–H groups in total. The molecule has 1 aromatic heterocycles. The molecule has 1 aromatic rings. The van der Waals surface area contributed by atoms with Crippen molar-refractivity contribution in [1.82, 2.24) is 15.2 Å². The molecule has 2 aliphatic heterocycles. The largest absolute Gasteiger partial charge is 0.384 e. The zero-order valence-electron chi connectivity index (χ0n) is 11.2. The van der Waals surface area contributed by atoms with Gasteiger partial charge >= 0.3 is 0 Å². The van der Waals surface area contributed by atoms with Crippen LogP contribution >= 0.6 is 0 Å². The van der Waals surface area contributed by atoms with E-state index in [2.05, 4.69) is 10.3 Å². The summed E-state index contributed by atoms with van der Waals surface area (Å²) in [6.45, 7) is 1.07. The highest BCUT2D eigenvalue weighted by Crippen LogP contribution is 2.23. The number of fused-ring (bicyclic) bond motifs is 3. The SMILES string of the molecule is Nc1ccc(C(=O)N2C[C@@H]3CCC[C@H](C2)C(=O)N3)cn1. The molecule has 2 amide bonds. The Hall–Kier alpha value is -2.11. The molecule has 0 radical (unpaired) electrons. The molecule has 0 unspecified atom stereocenters. The van der Waals surface area contributed by atoms with Crippen LogP contribution in [-0.4, -0.2) is 40.8 Å². The number of amides is 2. The second-order valence-electron chi connectivity index (χ2n) is 5.52. The van der Waals surface area contributed by atoms with Gasteiger partial charge in [-0.25, -0.2) is 4.98 Å². The number of anilines is 1. The maximum Gasteiger partial charge on any atom is 0.255 e. The molecule has 0 saturated carbocycles. The van der Waals surface area contributed by atoms with Crippen molar-refractivity contribution >= 4 is 17.6 Å². The second kappa shape index (κ2) is 5.11. The van der Waals surface area contributed by atoms with E-state index in [1.807, 2.05) is 0 Å². The molecule has 0 spiro atoms. The average Bonchev–Trinajstić information content (AvgIpc) is 2.67. The topological polar surface area (TPSA) is 88.3 Å². The number of pyridine rings is 1. The predicted octanol–water partition coefficient (Wildman–Crippen LogP) is 0.404. The Kier molecular flexibility index (Phi) is 3.30. The molecule has 6 heteroatoms. The average molecular weight is 274 g/mol. The molecule has 2 fully saturated rings. The molecule has 0 aliphatic carbocycles. The minimum Gasteiger partial charge on any atom is -0.384 e. The lowest BCUT2D eigenvalue weighted by Gasteiger charge is -2.27. The summed E-state index contributed by atoms with van der Waals surface area (Å²) in [4.78, 5) is 30.2. The van der Waals surface area contributed by atoms with Crippen molar-refractivity contribution in [3.05, 3.63) is 23.9 Å². The number of nitrogens with two attached hydrogens (primary N) is 1. The summed E-state index contributed by atoms with van der Waals surface area (Å²) in [6.07, 6.45) is 4.32. The van der Waals surface area contributed by atoms with Crippen LogP contribution in [0.1, 0.15) is 29.6 Å². The Morgan fingerprint density at radius 3 is 2.95 bits per heavy atom. The Morgan fingerprint density at radius 2 is 2.20 bits per heavy atom. The van der Waals surface area contributed by atoms with E-state index in [0.717, 1.165) is 19.3 Å². The van der Waals surface area contributed by atoms with Crippen LogP contribution in [0.2, 0.25) is 0 Å². The quantitative estimate of drug-likeness (QED) is 0.776.